The van der Waals surface area contributed by atoms with Crippen molar-refractivity contribution in [2.45, 2.75) is 6.92 Å². The van der Waals surface area contributed by atoms with Crippen LogP contribution < -0.4 is 10.6 Å². The van der Waals surface area contributed by atoms with Gasteiger partial charge in [-0.05, 0) is 46.3 Å². The maximum atomic E-state index is 12.3. The van der Waals surface area contributed by atoms with Gasteiger partial charge in [-0.2, -0.15) is 0 Å². The van der Waals surface area contributed by atoms with Gasteiger partial charge >= 0.3 is 0 Å². The molecule has 23 heavy (non-hydrogen) atoms. The lowest BCUT2D eigenvalue weighted by atomic mass is 10.2. The summed E-state index contributed by atoms with van der Waals surface area (Å²) in [4.78, 5) is 23.4. The molecular weight excluding hydrogens is 360 g/mol. The number of amides is 2. The molecule has 0 saturated carbocycles. The summed E-state index contributed by atoms with van der Waals surface area (Å²) >= 11 is 3.39. The van der Waals surface area contributed by atoms with E-state index in [1.54, 1.807) is 30.3 Å². The number of para-hydroxylation sites is 1. The summed E-state index contributed by atoms with van der Waals surface area (Å²) in [7, 11) is 0. The van der Waals surface area contributed by atoms with Gasteiger partial charge in [-0.25, -0.2) is 0 Å². The van der Waals surface area contributed by atoms with E-state index in [0.29, 0.717) is 17.0 Å². The number of carbonyl (C=O) groups is 2. The lowest BCUT2D eigenvalue weighted by Crippen LogP contribution is -2.11. The summed E-state index contributed by atoms with van der Waals surface area (Å²) in [5.74, 6) is -0.305. The van der Waals surface area contributed by atoms with Crippen molar-refractivity contribution in [3.05, 3.63) is 58.8 Å². The third-order valence-corrected chi connectivity index (χ3v) is 3.79. The quantitative estimate of drug-likeness (QED) is 0.715. The highest BCUT2D eigenvalue weighted by molar-refractivity contribution is 9.10. The summed E-state index contributed by atoms with van der Waals surface area (Å²) in [5.41, 5.74) is 1.81. The van der Waals surface area contributed by atoms with Gasteiger partial charge in [-0.3, -0.25) is 9.59 Å². The number of anilines is 2. The van der Waals surface area contributed by atoms with Crippen LogP contribution >= 0.6 is 15.9 Å². The van der Waals surface area contributed by atoms with Crippen LogP contribution in [0.1, 0.15) is 17.5 Å². The van der Waals surface area contributed by atoms with Gasteiger partial charge in [0.2, 0.25) is 5.91 Å². The Bertz CT molecular complexity index is 902. The van der Waals surface area contributed by atoms with Crippen LogP contribution in [-0.4, -0.2) is 11.8 Å². The lowest BCUT2D eigenvalue weighted by molar-refractivity contribution is -0.114. The van der Waals surface area contributed by atoms with Gasteiger partial charge < -0.3 is 15.1 Å². The molecule has 1 aromatic heterocycles. The van der Waals surface area contributed by atoms with Gasteiger partial charge in [0, 0.05) is 23.7 Å². The van der Waals surface area contributed by atoms with E-state index in [1.807, 2.05) is 18.2 Å². The molecule has 0 aliphatic heterocycles. The minimum Gasteiger partial charge on any atom is -0.450 e. The average molecular weight is 373 g/mol. The maximum Gasteiger partial charge on any atom is 0.291 e. The Balaban J connectivity index is 1.83. The van der Waals surface area contributed by atoms with Crippen molar-refractivity contribution in [1.29, 1.82) is 0 Å². The van der Waals surface area contributed by atoms with E-state index in [-0.39, 0.29) is 17.6 Å². The SMILES string of the molecule is CC(=O)Nc1cccc(NC(=O)c2cc3cccc(Br)c3o2)c1. The number of furan rings is 1. The molecule has 0 unspecified atom stereocenters. The van der Waals surface area contributed by atoms with Crippen LogP contribution in [0.25, 0.3) is 11.0 Å². The molecular formula is C17H13BrN2O3. The van der Waals surface area contributed by atoms with Crippen molar-refractivity contribution in [3.63, 3.8) is 0 Å². The molecule has 0 fully saturated rings. The highest BCUT2D eigenvalue weighted by Gasteiger charge is 2.14. The molecule has 5 nitrogen and oxygen atoms in total. The van der Waals surface area contributed by atoms with Crippen molar-refractivity contribution in [1.82, 2.24) is 0 Å². The Hall–Kier alpha value is -2.60. The van der Waals surface area contributed by atoms with Gasteiger partial charge in [-0.1, -0.05) is 18.2 Å². The molecule has 2 aromatic carbocycles. The Morgan fingerprint density at radius 2 is 1.70 bits per heavy atom. The minimum absolute atomic E-state index is 0.171. The fourth-order valence-corrected chi connectivity index (χ4v) is 2.67. The molecule has 116 valence electrons. The van der Waals surface area contributed by atoms with E-state index in [0.717, 1.165) is 9.86 Å². The Morgan fingerprint density at radius 1 is 1.00 bits per heavy atom. The Morgan fingerprint density at radius 3 is 2.39 bits per heavy atom. The summed E-state index contributed by atoms with van der Waals surface area (Å²) in [6, 6.07) is 14.2. The third-order valence-electron chi connectivity index (χ3n) is 3.16. The highest BCUT2D eigenvalue weighted by atomic mass is 79.9. The van der Waals surface area contributed by atoms with Crippen molar-refractivity contribution in [2.75, 3.05) is 10.6 Å². The molecule has 0 spiro atoms. The second-order valence-corrected chi connectivity index (χ2v) is 5.84. The molecule has 2 N–H and O–H groups in total. The molecule has 3 rings (SSSR count). The molecule has 0 aliphatic rings. The lowest BCUT2D eigenvalue weighted by Gasteiger charge is -2.06. The first kappa shape index (κ1) is 15.3. The molecule has 0 radical (unpaired) electrons. The summed E-state index contributed by atoms with van der Waals surface area (Å²) in [5, 5.41) is 6.26. The summed E-state index contributed by atoms with van der Waals surface area (Å²) < 4.78 is 6.39. The fraction of sp³-hybridized carbons (Fsp3) is 0.0588. The summed E-state index contributed by atoms with van der Waals surface area (Å²) in [6.07, 6.45) is 0. The Labute approximate surface area is 140 Å². The molecule has 0 aliphatic carbocycles. The number of benzene rings is 2. The number of rotatable bonds is 3. The number of hydrogen-bond acceptors (Lipinski definition) is 3. The van der Waals surface area contributed by atoms with E-state index in [9.17, 15) is 9.59 Å². The first-order chi connectivity index (χ1) is 11.0. The monoisotopic (exact) mass is 372 g/mol. The predicted molar refractivity (Wildman–Crippen MR) is 92.6 cm³/mol. The number of hydrogen-bond donors (Lipinski definition) is 2. The average Bonchev–Trinajstić information content (AvgIpc) is 2.92. The molecule has 0 saturated heterocycles. The van der Waals surface area contributed by atoms with Crippen molar-refractivity contribution < 1.29 is 14.0 Å². The molecule has 2 amide bonds. The normalized spacial score (nSPS) is 10.5. The zero-order valence-electron chi connectivity index (χ0n) is 12.2. The highest BCUT2D eigenvalue weighted by Crippen LogP contribution is 2.27. The second kappa shape index (κ2) is 6.26. The van der Waals surface area contributed by atoms with E-state index in [2.05, 4.69) is 26.6 Å². The molecule has 3 aromatic rings. The summed E-state index contributed by atoms with van der Waals surface area (Å²) in [6.45, 7) is 1.43. The second-order valence-electron chi connectivity index (χ2n) is 4.98. The maximum absolute atomic E-state index is 12.3. The number of fused-ring (bicyclic) bond motifs is 1. The first-order valence-electron chi connectivity index (χ1n) is 6.90. The van der Waals surface area contributed by atoms with Crippen molar-refractivity contribution in [2.24, 2.45) is 0 Å². The minimum atomic E-state index is -0.354. The van der Waals surface area contributed by atoms with E-state index < -0.39 is 0 Å². The first-order valence-corrected chi connectivity index (χ1v) is 7.69. The van der Waals surface area contributed by atoms with Gasteiger partial charge in [0.05, 0.1) is 4.47 Å². The Kier molecular flexibility index (Phi) is 4.16. The van der Waals surface area contributed by atoms with Crippen LogP contribution in [0.5, 0.6) is 0 Å². The molecule has 0 bridgehead atoms. The zero-order chi connectivity index (χ0) is 16.4. The fourth-order valence-electron chi connectivity index (χ4n) is 2.21. The number of carbonyl (C=O) groups excluding carboxylic acids is 2. The zero-order valence-corrected chi connectivity index (χ0v) is 13.8. The third kappa shape index (κ3) is 3.43. The van der Waals surface area contributed by atoms with Crippen LogP contribution in [0.3, 0.4) is 0 Å². The van der Waals surface area contributed by atoms with Crippen LogP contribution in [0.15, 0.2) is 57.4 Å². The van der Waals surface area contributed by atoms with Crippen LogP contribution in [-0.2, 0) is 4.79 Å². The van der Waals surface area contributed by atoms with Crippen LogP contribution in [0.2, 0.25) is 0 Å². The topological polar surface area (TPSA) is 71.3 Å². The van der Waals surface area contributed by atoms with Crippen LogP contribution in [0.4, 0.5) is 11.4 Å². The number of halogens is 1. The van der Waals surface area contributed by atoms with Gasteiger partial charge in [0.15, 0.2) is 5.76 Å². The van der Waals surface area contributed by atoms with Crippen molar-refractivity contribution in [3.8, 4) is 0 Å². The van der Waals surface area contributed by atoms with Gasteiger partial charge in [-0.15, -0.1) is 0 Å². The van der Waals surface area contributed by atoms with E-state index in [4.69, 9.17) is 4.42 Å². The van der Waals surface area contributed by atoms with E-state index >= 15 is 0 Å². The van der Waals surface area contributed by atoms with Gasteiger partial charge in [0.1, 0.15) is 5.58 Å². The molecule has 6 heteroatoms. The smallest absolute Gasteiger partial charge is 0.291 e. The standard InChI is InChI=1S/C17H13BrN2O3/c1-10(21)19-12-5-3-6-13(9-12)20-17(22)15-8-11-4-2-7-14(18)16(11)23-15/h2-9H,1H3,(H,19,21)(H,20,22). The predicted octanol–water partition coefficient (Wildman–Crippen LogP) is 4.41. The molecule has 0 atom stereocenters. The number of nitrogens with one attached hydrogen (secondary N) is 2. The van der Waals surface area contributed by atoms with E-state index in [1.165, 1.54) is 6.92 Å². The molecule has 1 heterocycles. The van der Waals surface area contributed by atoms with Crippen molar-refractivity contribution >= 4 is 50.1 Å². The van der Waals surface area contributed by atoms with Gasteiger partial charge in [0.25, 0.3) is 5.91 Å². The largest absolute Gasteiger partial charge is 0.450 e. The van der Waals surface area contributed by atoms with Crippen LogP contribution in [0, 0.1) is 0 Å².